The number of hydrogen-bond donors (Lipinski definition) is 0. The molecule has 168 valence electrons. The molecule has 0 aliphatic carbocycles. The number of thiophene rings is 2. The molecule has 34 heavy (non-hydrogen) atoms. The summed E-state index contributed by atoms with van der Waals surface area (Å²) in [7, 11) is 0. The summed E-state index contributed by atoms with van der Waals surface area (Å²) in [6, 6.07) is 14.4. The van der Waals surface area contributed by atoms with E-state index in [1.165, 1.54) is 69.6 Å². The smallest absolute Gasteiger partial charge is 0.155 e. The number of benzene rings is 2. The molecule has 4 aromatic heterocycles. The zero-order chi connectivity index (χ0) is 23.4. The lowest BCUT2D eigenvalue weighted by atomic mass is 10.2. The second-order valence-corrected chi connectivity index (χ2v) is 11.3. The highest BCUT2D eigenvalue weighted by Crippen LogP contribution is 2.43. The molecule has 10 heteroatoms. The van der Waals surface area contributed by atoms with E-state index in [4.69, 9.17) is 9.97 Å². The van der Waals surface area contributed by atoms with Gasteiger partial charge in [0.15, 0.2) is 9.66 Å². The second kappa shape index (κ2) is 8.38. The van der Waals surface area contributed by atoms with Gasteiger partial charge in [-0.2, -0.15) is 0 Å². The molecule has 0 atom stereocenters. The van der Waals surface area contributed by atoms with Crippen LogP contribution in [0.5, 0.6) is 0 Å². The fraction of sp³-hybridized carbons (Fsp3) is 0. The van der Waals surface area contributed by atoms with Gasteiger partial charge in [-0.25, -0.2) is 27.5 Å². The average Bonchev–Trinajstić information content (AvgIpc) is 3.56. The molecule has 0 spiro atoms. The van der Waals surface area contributed by atoms with E-state index in [0.29, 0.717) is 20.9 Å². The van der Waals surface area contributed by atoms with Gasteiger partial charge < -0.3 is 0 Å². The first-order valence-corrected chi connectivity index (χ1v) is 13.1. The van der Waals surface area contributed by atoms with Crippen LogP contribution in [-0.4, -0.2) is 9.97 Å². The number of rotatable bonds is 4. The molecule has 0 amide bonds. The summed E-state index contributed by atoms with van der Waals surface area (Å²) in [5.74, 6) is -2.42. The zero-order valence-electron chi connectivity index (χ0n) is 16.8. The van der Waals surface area contributed by atoms with E-state index in [1.54, 1.807) is 12.1 Å². The van der Waals surface area contributed by atoms with Crippen LogP contribution >= 0.6 is 45.3 Å². The normalized spacial score (nSPS) is 11.5. The van der Waals surface area contributed by atoms with Gasteiger partial charge >= 0.3 is 0 Å². The van der Waals surface area contributed by atoms with Crippen LogP contribution in [0.4, 0.5) is 17.6 Å². The number of fused-ring (bicyclic) bond motifs is 1. The quantitative estimate of drug-likeness (QED) is 0.212. The molecule has 4 heterocycles. The highest BCUT2D eigenvalue weighted by Gasteiger charge is 2.18. The molecule has 6 aromatic rings. The Morgan fingerprint density at radius 3 is 1.29 bits per heavy atom. The van der Waals surface area contributed by atoms with E-state index in [9.17, 15) is 17.6 Å². The maximum atomic E-state index is 14.1. The van der Waals surface area contributed by atoms with Crippen molar-refractivity contribution >= 4 is 55.0 Å². The van der Waals surface area contributed by atoms with Gasteiger partial charge in [0.1, 0.15) is 33.3 Å². The Balaban J connectivity index is 1.29. The summed E-state index contributed by atoms with van der Waals surface area (Å²) in [5.41, 5.74) is 0.699. The van der Waals surface area contributed by atoms with Crippen LogP contribution in [0.1, 0.15) is 0 Å². The van der Waals surface area contributed by atoms with Gasteiger partial charge in [0, 0.05) is 33.0 Å². The first kappa shape index (κ1) is 21.6. The Morgan fingerprint density at radius 1 is 0.471 bits per heavy atom. The van der Waals surface area contributed by atoms with Crippen LogP contribution in [-0.2, 0) is 0 Å². The first-order chi connectivity index (χ1) is 16.4. The van der Waals surface area contributed by atoms with Crippen molar-refractivity contribution in [2.45, 2.75) is 0 Å². The van der Waals surface area contributed by atoms with Gasteiger partial charge in [0.25, 0.3) is 0 Å². The third kappa shape index (κ3) is 3.86. The monoisotopic (exact) mass is 530 g/mol. The van der Waals surface area contributed by atoms with Gasteiger partial charge in [-0.05, 0) is 48.5 Å². The molecule has 0 fully saturated rings. The zero-order valence-corrected chi connectivity index (χ0v) is 20.1. The topological polar surface area (TPSA) is 25.8 Å². The fourth-order valence-corrected chi connectivity index (χ4v) is 7.64. The van der Waals surface area contributed by atoms with Crippen LogP contribution in [0, 0.1) is 23.3 Å². The van der Waals surface area contributed by atoms with Crippen molar-refractivity contribution in [1.82, 2.24) is 9.97 Å². The van der Waals surface area contributed by atoms with Crippen molar-refractivity contribution in [2.24, 2.45) is 0 Å². The van der Waals surface area contributed by atoms with Crippen molar-refractivity contribution in [3.05, 3.63) is 83.9 Å². The minimum Gasteiger partial charge on any atom is -0.222 e. The average molecular weight is 531 g/mol. The van der Waals surface area contributed by atoms with Gasteiger partial charge in [0.2, 0.25) is 0 Å². The Labute approximate surface area is 206 Å². The standard InChI is InChI=1S/C24H10F4N2S4/c25-11-1-3-13(15(27)9-11)17-5-7-19(31-17)21-29-23-24(33-21)30-22(34-23)20-8-6-18(32-20)14-4-2-12(26)10-16(14)28/h1-10H. The molecule has 0 saturated heterocycles. The Bertz CT molecular complexity index is 1530. The molecule has 0 radical (unpaired) electrons. The summed E-state index contributed by atoms with van der Waals surface area (Å²) in [5, 5.41) is 1.55. The summed E-state index contributed by atoms with van der Waals surface area (Å²) in [6.45, 7) is 0. The van der Waals surface area contributed by atoms with Crippen LogP contribution in [0.15, 0.2) is 60.7 Å². The van der Waals surface area contributed by atoms with Crippen LogP contribution in [0.2, 0.25) is 0 Å². The van der Waals surface area contributed by atoms with Crippen molar-refractivity contribution < 1.29 is 17.6 Å². The lowest BCUT2D eigenvalue weighted by molar-refractivity contribution is 0.585. The number of nitrogens with zero attached hydrogens (tertiary/aromatic N) is 2. The van der Waals surface area contributed by atoms with E-state index in [2.05, 4.69) is 0 Å². The Morgan fingerprint density at radius 2 is 0.882 bits per heavy atom. The lowest BCUT2D eigenvalue weighted by Crippen LogP contribution is -1.83. The third-order valence-electron chi connectivity index (χ3n) is 5.00. The van der Waals surface area contributed by atoms with E-state index < -0.39 is 23.3 Å². The van der Waals surface area contributed by atoms with Crippen molar-refractivity contribution in [1.29, 1.82) is 0 Å². The third-order valence-corrected chi connectivity index (χ3v) is 9.61. The number of aromatic nitrogens is 2. The maximum absolute atomic E-state index is 14.1. The molecule has 0 N–H and O–H groups in total. The van der Waals surface area contributed by atoms with Crippen molar-refractivity contribution in [3.63, 3.8) is 0 Å². The fourth-order valence-electron chi connectivity index (χ4n) is 3.43. The molecular formula is C24H10F4N2S4. The van der Waals surface area contributed by atoms with E-state index in [1.807, 2.05) is 12.1 Å². The summed E-state index contributed by atoms with van der Waals surface area (Å²) in [6.07, 6.45) is 0. The molecular weight excluding hydrogens is 521 g/mol. The van der Waals surface area contributed by atoms with Crippen molar-refractivity contribution in [2.75, 3.05) is 0 Å². The molecule has 0 bridgehead atoms. The van der Waals surface area contributed by atoms with E-state index >= 15 is 0 Å². The van der Waals surface area contributed by atoms with Crippen LogP contribution in [0.25, 0.3) is 50.3 Å². The predicted octanol–water partition coefficient (Wildman–Crippen LogP) is 9.10. The number of thiazole rings is 2. The lowest BCUT2D eigenvalue weighted by Gasteiger charge is -1.99. The molecule has 6 rings (SSSR count). The van der Waals surface area contributed by atoms with Gasteiger partial charge in [0.05, 0.1) is 9.75 Å². The molecule has 2 aromatic carbocycles. The first-order valence-electron chi connectivity index (χ1n) is 9.83. The van der Waals surface area contributed by atoms with Crippen molar-refractivity contribution in [3.8, 4) is 40.7 Å². The van der Waals surface area contributed by atoms with E-state index in [0.717, 1.165) is 41.6 Å². The molecule has 0 aliphatic rings. The molecule has 2 nitrogen and oxygen atoms in total. The SMILES string of the molecule is Fc1ccc(-c2ccc(-c3nc4sc(-c5ccc(-c6ccc(F)cc6F)s5)nc4s3)s2)c(F)c1. The Hall–Kier alpha value is -2.92. The minimum absolute atomic E-state index is 0.350. The molecule has 0 unspecified atom stereocenters. The number of hydrogen-bond acceptors (Lipinski definition) is 6. The van der Waals surface area contributed by atoms with Gasteiger partial charge in [-0.15, -0.1) is 22.7 Å². The molecule has 0 saturated carbocycles. The van der Waals surface area contributed by atoms with E-state index in [-0.39, 0.29) is 0 Å². The van der Waals surface area contributed by atoms with Gasteiger partial charge in [-0.1, -0.05) is 22.7 Å². The summed E-state index contributed by atoms with van der Waals surface area (Å²) >= 11 is 5.64. The highest BCUT2D eigenvalue weighted by atomic mass is 32.1. The van der Waals surface area contributed by atoms with Gasteiger partial charge in [-0.3, -0.25) is 0 Å². The highest BCUT2D eigenvalue weighted by molar-refractivity contribution is 7.32. The second-order valence-electron chi connectivity index (χ2n) is 7.22. The molecule has 0 aliphatic heterocycles. The largest absolute Gasteiger partial charge is 0.222 e. The summed E-state index contributed by atoms with van der Waals surface area (Å²) in [4.78, 5) is 14.1. The maximum Gasteiger partial charge on any atom is 0.155 e. The summed E-state index contributed by atoms with van der Waals surface area (Å²) < 4.78 is 54.7. The Kier molecular flexibility index (Phi) is 5.33. The van der Waals surface area contributed by atoms with Crippen LogP contribution in [0.3, 0.4) is 0 Å². The minimum atomic E-state index is -0.610. The predicted molar refractivity (Wildman–Crippen MR) is 133 cm³/mol. The van der Waals surface area contributed by atoms with Crippen LogP contribution < -0.4 is 0 Å². The number of halogens is 4.